The van der Waals surface area contributed by atoms with E-state index in [-0.39, 0.29) is 47.6 Å². The summed E-state index contributed by atoms with van der Waals surface area (Å²) in [6.07, 6.45) is 6.24. The van der Waals surface area contributed by atoms with Crippen molar-refractivity contribution < 1.29 is 29.1 Å². The highest BCUT2D eigenvalue weighted by Crippen LogP contribution is 2.40. The summed E-state index contributed by atoms with van der Waals surface area (Å²) in [5, 5.41) is 19.5. The Morgan fingerprint density at radius 1 is 0.933 bits per heavy atom. The molecule has 0 radical (unpaired) electrons. The zero-order chi connectivity index (χ0) is 41.9. The van der Waals surface area contributed by atoms with Gasteiger partial charge in [-0.25, -0.2) is 14.8 Å². The Bertz CT molecular complexity index is 2200. The van der Waals surface area contributed by atoms with Gasteiger partial charge < -0.3 is 41.1 Å². The molecule has 4 saturated heterocycles. The van der Waals surface area contributed by atoms with Gasteiger partial charge in [-0.1, -0.05) is 25.1 Å². The van der Waals surface area contributed by atoms with Gasteiger partial charge in [0.25, 0.3) is 11.8 Å². The SMILES string of the molecule is CN1CCN([C@H]2CCCN(c3cnc(C(N)O)c(Nc4ccc(C5(C)CCN([C@H]6C[C@@H](Nc7cccc8c7C(=O)N(C7CCC(=O)NC7=O)C8=O)C6)CC5)cc4)n3)C2)C1=O. The topological polar surface area (TPSA) is 210 Å². The molecule has 5 fully saturated rings. The summed E-state index contributed by atoms with van der Waals surface area (Å²) in [4.78, 5) is 82.6. The van der Waals surface area contributed by atoms with Gasteiger partial charge in [-0.05, 0) is 93.3 Å². The third-order valence-corrected chi connectivity index (χ3v) is 13.7. The van der Waals surface area contributed by atoms with Gasteiger partial charge in [-0.2, -0.15) is 0 Å². The van der Waals surface area contributed by atoms with Gasteiger partial charge in [-0.15, -0.1) is 0 Å². The molecule has 6 heterocycles. The number of aromatic nitrogens is 2. The molecule has 1 saturated carbocycles. The predicted molar refractivity (Wildman–Crippen MR) is 223 cm³/mol. The number of amides is 6. The van der Waals surface area contributed by atoms with Gasteiger partial charge in [0, 0.05) is 63.1 Å². The molecule has 17 nitrogen and oxygen atoms in total. The number of nitrogens with two attached hydrogens (primary N) is 1. The van der Waals surface area contributed by atoms with Crippen molar-refractivity contribution in [2.45, 2.75) is 94.1 Å². The van der Waals surface area contributed by atoms with Crippen LogP contribution < -0.4 is 26.6 Å². The van der Waals surface area contributed by atoms with Crippen LogP contribution in [-0.4, -0.2) is 135 Å². The summed E-state index contributed by atoms with van der Waals surface area (Å²) >= 11 is 0. The van der Waals surface area contributed by atoms with Crippen molar-refractivity contribution in [3.63, 3.8) is 0 Å². The zero-order valence-corrected chi connectivity index (χ0v) is 34.1. The number of hydrogen-bond donors (Lipinski definition) is 5. The number of aliphatic hydroxyl groups is 1. The number of anilines is 4. The second-order valence-corrected chi connectivity index (χ2v) is 17.5. The number of aliphatic hydroxyl groups excluding tert-OH is 1. The summed E-state index contributed by atoms with van der Waals surface area (Å²) in [5.41, 5.74) is 9.41. The van der Waals surface area contributed by atoms with E-state index in [1.54, 1.807) is 23.2 Å². The minimum Gasteiger partial charge on any atom is -0.382 e. The van der Waals surface area contributed by atoms with E-state index in [9.17, 15) is 29.1 Å². The van der Waals surface area contributed by atoms with E-state index in [2.05, 4.69) is 49.8 Å². The largest absolute Gasteiger partial charge is 0.382 e. The van der Waals surface area contributed by atoms with Crippen LogP contribution in [0.4, 0.5) is 27.8 Å². The fourth-order valence-corrected chi connectivity index (χ4v) is 9.90. The lowest BCUT2D eigenvalue weighted by Crippen LogP contribution is -2.54. The standard InChI is InChI=1S/C43H53N11O6/c1-43(25-8-10-26(11-9-25)47-38-36(37(44)56)45-23-33(48-38)52-16-4-5-28(24-52)53-20-19-50(2)42(53)60)14-17-51(18-15-43)29-21-27(22-29)46-31-7-3-6-30-35(31)41(59)54(40(30)58)32-12-13-34(55)49-39(32)57/h3,6-11,23,27-29,32,37,46,56H,4-5,12-22,24,44H2,1-2H3,(H,47,48)(H,49,55,57)/t27-,28-,29+,32?,37?/m0/s1. The van der Waals surface area contributed by atoms with E-state index in [0.29, 0.717) is 35.5 Å². The molecule has 6 aliphatic rings. The van der Waals surface area contributed by atoms with Crippen molar-refractivity contribution in [2.24, 2.45) is 5.73 Å². The minimum atomic E-state index is -1.31. The molecule has 2 aromatic carbocycles. The second-order valence-electron chi connectivity index (χ2n) is 17.5. The lowest BCUT2D eigenvalue weighted by atomic mass is 9.73. The number of imide groups is 2. The molecule has 3 atom stereocenters. The summed E-state index contributed by atoms with van der Waals surface area (Å²) in [6.45, 7) is 7.16. The van der Waals surface area contributed by atoms with Crippen LogP contribution in [0.1, 0.15) is 96.5 Å². The van der Waals surface area contributed by atoms with E-state index in [4.69, 9.17) is 10.7 Å². The number of carbonyl (C=O) groups excluding carboxylic acids is 5. The maximum absolute atomic E-state index is 13.6. The molecule has 17 heteroatoms. The van der Waals surface area contributed by atoms with Crippen molar-refractivity contribution in [1.82, 2.24) is 34.9 Å². The van der Waals surface area contributed by atoms with Crippen molar-refractivity contribution in [1.29, 1.82) is 0 Å². The fourth-order valence-electron chi connectivity index (χ4n) is 9.90. The van der Waals surface area contributed by atoms with Crippen molar-refractivity contribution in [2.75, 3.05) is 61.8 Å². The van der Waals surface area contributed by atoms with Crippen LogP contribution in [-0.2, 0) is 15.0 Å². The third-order valence-electron chi connectivity index (χ3n) is 13.7. The van der Waals surface area contributed by atoms with E-state index in [0.717, 1.165) is 81.8 Å². The number of nitrogens with one attached hydrogen (secondary N) is 3. The predicted octanol–water partition coefficient (Wildman–Crippen LogP) is 2.90. The molecule has 6 amide bonds. The smallest absolute Gasteiger partial charge is 0.320 e. The number of likely N-dealkylation sites (N-methyl/N-ethyl adjacent to an activating group) is 1. The Hall–Kier alpha value is -5.65. The first-order valence-electron chi connectivity index (χ1n) is 21.2. The lowest BCUT2D eigenvalue weighted by molar-refractivity contribution is -0.136. The normalized spacial score (nSPS) is 26.2. The van der Waals surface area contributed by atoms with Crippen molar-refractivity contribution in [3.8, 4) is 0 Å². The molecule has 316 valence electrons. The number of carbonyl (C=O) groups is 5. The van der Waals surface area contributed by atoms with E-state index in [1.165, 1.54) is 5.56 Å². The lowest BCUT2D eigenvalue weighted by Gasteiger charge is -2.48. The van der Waals surface area contributed by atoms with E-state index < -0.39 is 35.9 Å². The van der Waals surface area contributed by atoms with E-state index in [1.807, 2.05) is 30.1 Å². The maximum atomic E-state index is 13.6. The number of piperidine rings is 3. The number of benzene rings is 2. The quantitative estimate of drug-likeness (QED) is 0.148. The van der Waals surface area contributed by atoms with Crippen LogP contribution >= 0.6 is 0 Å². The Kier molecular flexibility index (Phi) is 10.4. The highest BCUT2D eigenvalue weighted by atomic mass is 16.3. The van der Waals surface area contributed by atoms with Gasteiger partial charge in [0.15, 0.2) is 5.82 Å². The maximum Gasteiger partial charge on any atom is 0.320 e. The number of hydrogen-bond acceptors (Lipinski definition) is 13. The summed E-state index contributed by atoms with van der Waals surface area (Å²) in [5.74, 6) is -0.955. The number of rotatable bonds is 10. The summed E-state index contributed by atoms with van der Waals surface area (Å²) in [6, 6.07) is 13.3. The van der Waals surface area contributed by atoms with Crippen LogP contribution in [0.5, 0.6) is 0 Å². The van der Waals surface area contributed by atoms with Gasteiger partial charge in [0.1, 0.15) is 23.8 Å². The van der Waals surface area contributed by atoms with E-state index >= 15 is 0 Å². The van der Waals surface area contributed by atoms with Crippen LogP contribution in [0.2, 0.25) is 0 Å². The molecular weight excluding hydrogens is 767 g/mol. The third kappa shape index (κ3) is 7.32. The Balaban J connectivity index is 0.791. The molecule has 3 aromatic rings. The Morgan fingerprint density at radius 2 is 1.70 bits per heavy atom. The highest BCUT2D eigenvalue weighted by molar-refractivity contribution is 6.25. The first-order chi connectivity index (χ1) is 28.9. The molecule has 60 heavy (non-hydrogen) atoms. The molecular formula is C43H53N11O6. The molecule has 1 aromatic heterocycles. The highest BCUT2D eigenvalue weighted by Gasteiger charge is 2.46. The van der Waals surface area contributed by atoms with Gasteiger partial charge in [0.2, 0.25) is 11.8 Å². The first kappa shape index (κ1) is 39.8. The molecule has 0 bridgehead atoms. The van der Waals surface area contributed by atoms with Gasteiger partial charge >= 0.3 is 6.03 Å². The molecule has 2 unspecified atom stereocenters. The molecule has 0 spiro atoms. The Morgan fingerprint density at radius 3 is 2.40 bits per heavy atom. The van der Waals surface area contributed by atoms with Crippen molar-refractivity contribution >= 4 is 52.7 Å². The van der Waals surface area contributed by atoms with Gasteiger partial charge in [-0.3, -0.25) is 29.4 Å². The van der Waals surface area contributed by atoms with Crippen LogP contribution in [0.25, 0.3) is 0 Å². The number of fused-ring (bicyclic) bond motifs is 1. The number of nitrogens with zero attached hydrogens (tertiary/aromatic N) is 7. The average molecular weight is 820 g/mol. The second kappa shape index (κ2) is 15.7. The first-order valence-corrected chi connectivity index (χ1v) is 21.2. The molecule has 6 N–H and O–H groups in total. The minimum absolute atomic E-state index is 0.00299. The number of urea groups is 1. The average Bonchev–Trinajstić information content (AvgIpc) is 3.70. The van der Waals surface area contributed by atoms with Gasteiger partial charge in [0.05, 0.1) is 23.4 Å². The molecule has 9 rings (SSSR count). The van der Waals surface area contributed by atoms with Crippen molar-refractivity contribution in [3.05, 3.63) is 71.0 Å². The molecule has 1 aliphatic carbocycles. The number of likely N-dealkylation sites (tertiary alicyclic amines) is 1. The summed E-state index contributed by atoms with van der Waals surface area (Å²) < 4.78 is 0. The zero-order valence-electron chi connectivity index (χ0n) is 34.1. The van der Waals surface area contributed by atoms with Crippen LogP contribution in [0, 0.1) is 0 Å². The molecule has 5 aliphatic heterocycles. The Labute approximate surface area is 348 Å². The fraction of sp³-hybridized carbons (Fsp3) is 0.512. The van der Waals surface area contributed by atoms with Crippen LogP contribution in [0.3, 0.4) is 0 Å². The van der Waals surface area contributed by atoms with Crippen LogP contribution in [0.15, 0.2) is 48.7 Å². The summed E-state index contributed by atoms with van der Waals surface area (Å²) in [7, 11) is 1.84. The monoisotopic (exact) mass is 819 g/mol.